The van der Waals surface area contributed by atoms with Gasteiger partial charge < -0.3 is 9.47 Å². The van der Waals surface area contributed by atoms with Gasteiger partial charge in [-0.3, -0.25) is 4.79 Å². The summed E-state index contributed by atoms with van der Waals surface area (Å²) in [6.07, 6.45) is 2.57. The zero-order valence-electron chi connectivity index (χ0n) is 11.2. The van der Waals surface area contributed by atoms with Gasteiger partial charge in [0.15, 0.2) is 5.78 Å². The van der Waals surface area contributed by atoms with Gasteiger partial charge in [0, 0.05) is 12.5 Å². The van der Waals surface area contributed by atoms with Crippen LogP contribution < -0.4 is 9.47 Å². The van der Waals surface area contributed by atoms with Crippen molar-refractivity contribution in [1.82, 2.24) is 0 Å². The summed E-state index contributed by atoms with van der Waals surface area (Å²) in [5.41, 5.74) is 0.679. The normalized spacial score (nSPS) is 18.4. The quantitative estimate of drug-likeness (QED) is 0.818. The van der Waals surface area contributed by atoms with Crippen molar-refractivity contribution < 1.29 is 14.3 Å². The summed E-state index contributed by atoms with van der Waals surface area (Å²) in [5, 5.41) is 0. The molecule has 0 N–H and O–H groups in total. The van der Waals surface area contributed by atoms with Crippen LogP contribution >= 0.6 is 0 Å². The average molecular weight is 248 g/mol. The fourth-order valence-corrected chi connectivity index (χ4v) is 2.53. The molecule has 0 saturated carbocycles. The number of hydrogen-bond acceptors (Lipinski definition) is 3. The first-order valence-corrected chi connectivity index (χ1v) is 6.57. The number of ketones is 1. The van der Waals surface area contributed by atoms with Gasteiger partial charge in [-0.2, -0.15) is 0 Å². The zero-order valence-corrected chi connectivity index (χ0v) is 11.2. The summed E-state index contributed by atoms with van der Waals surface area (Å²) in [6.45, 7) is 4.28. The molecule has 0 bridgehead atoms. The van der Waals surface area contributed by atoms with E-state index >= 15 is 0 Å². The van der Waals surface area contributed by atoms with Crippen LogP contribution in [0, 0.1) is 5.92 Å². The maximum atomic E-state index is 12.1. The highest BCUT2D eigenvalue weighted by Crippen LogP contribution is 2.34. The van der Waals surface area contributed by atoms with E-state index in [0.29, 0.717) is 23.7 Å². The van der Waals surface area contributed by atoms with Crippen molar-refractivity contribution in [3.05, 3.63) is 23.8 Å². The standard InChI is InChI=1S/C15H20O3/c1-4-10(5-2)14-9-13(16)12-7-6-11(17-3)8-15(12)18-14/h6-8,10,14H,4-5,9H2,1-3H3. The molecule has 1 aliphatic rings. The summed E-state index contributed by atoms with van der Waals surface area (Å²) in [6, 6.07) is 5.40. The molecule has 3 heteroatoms. The molecule has 0 radical (unpaired) electrons. The highest BCUT2D eigenvalue weighted by molar-refractivity contribution is 6.00. The SMILES string of the molecule is CCC(CC)C1CC(=O)c2ccc(OC)cc2O1. The molecule has 1 aromatic rings. The van der Waals surface area contributed by atoms with Gasteiger partial charge in [-0.25, -0.2) is 0 Å². The number of carbonyl (C=O) groups is 1. The van der Waals surface area contributed by atoms with Crippen molar-refractivity contribution in [2.24, 2.45) is 5.92 Å². The van der Waals surface area contributed by atoms with Crippen molar-refractivity contribution in [3.8, 4) is 11.5 Å². The molecular weight excluding hydrogens is 228 g/mol. The van der Waals surface area contributed by atoms with Crippen molar-refractivity contribution in [2.45, 2.75) is 39.2 Å². The summed E-state index contributed by atoms with van der Waals surface area (Å²) in [5.74, 6) is 2.01. The van der Waals surface area contributed by atoms with E-state index in [1.54, 1.807) is 19.2 Å². The van der Waals surface area contributed by atoms with Crippen molar-refractivity contribution in [2.75, 3.05) is 7.11 Å². The molecule has 1 aliphatic heterocycles. The Kier molecular flexibility index (Phi) is 3.90. The van der Waals surface area contributed by atoms with Gasteiger partial charge in [-0.15, -0.1) is 0 Å². The predicted molar refractivity (Wildman–Crippen MR) is 70.4 cm³/mol. The van der Waals surface area contributed by atoms with Crippen molar-refractivity contribution in [3.63, 3.8) is 0 Å². The second-order valence-electron chi connectivity index (χ2n) is 4.72. The third-order valence-electron chi connectivity index (χ3n) is 3.73. The Labute approximate surface area is 108 Å². The average Bonchev–Trinajstić information content (AvgIpc) is 2.39. The van der Waals surface area contributed by atoms with Gasteiger partial charge in [0.05, 0.1) is 12.7 Å². The summed E-state index contributed by atoms with van der Waals surface area (Å²) in [7, 11) is 1.62. The highest BCUT2D eigenvalue weighted by atomic mass is 16.5. The molecule has 0 spiro atoms. The lowest BCUT2D eigenvalue weighted by Crippen LogP contribution is -2.33. The van der Waals surface area contributed by atoms with Crippen LogP contribution in [0.4, 0.5) is 0 Å². The van der Waals surface area contributed by atoms with Crippen molar-refractivity contribution in [1.29, 1.82) is 0 Å². The Morgan fingerprint density at radius 1 is 1.39 bits per heavy atom. The van der Waals surface area contributed by atoms with Crippen LogP contribution in [0.25, 0.3) is 0 Å². The Bertz CT molecular complexity index is 435. The second-order valence-corrected chi connectivity index (χ2v) is 4.72. The molecule has 2 rings (SSSR count). The maximum Gasteiger partial charge on any atom is 0.170 e. The molecule has 0 aromatic heterocycles. The molecule has 1 unspecified atom stereocenters. The van der Waals surface area contributed by atoms with E-state index in [2.05, 4.69) is 13.8 Å². The van der Waals surface area contributed by atoms with Crippen LogP contribution in [0.3, 0.4) is 0 Å². The van der Waals surface area contributed by atoms with Gasteiger partial charge in [0.2, 0.25) is 0 Å². The Morgan fingerprint density at radius 3 is 2.72 bits per heavy atom. The summed E-state index contributed by atoms with van der Waals surface area (Å²) >= 11 is 0. The molecule has 98 valence electrons. The monoisotopic (exact) mass is 248 g/mol. The summed E-state index contributed by atoms with van der Waals surface area (Å²) < 4.78 is 11.2. The largest absolute Gasteiger partial charge is 0.497 e. The molecule has 1 heterocycles. The van der Waals surface area contributed by atoms with Crippen LogP contribution in [-0.4, -0.2) is 19.0 Å². The minimum Gasteiger partial charge on any atom is -0.497 e. The third-order valence-corrected chi connectivity index (χ3v) is 3.73. The molecule has 0 saturated heterocycles. The first-order valence-electron chi connectivity index (χ1n) is 6.57. The van der Waals surface area contributed by atoms with Gasteiger partial charge in [-0.05, 0) is 30.9 Å². The van der Waals surface area contributed by atoms with Gasteiger partial charge in [0.1, 0.15) is 17.6 Å². The molecule has 0 amide bonds. The second kappa shape index (κ2) is 5.42. The van der Waals surface area contributed by atoms with E-state index in [0.717, 1.165) is 18.6 Å². The smallest absolute Gasteiger partial charge is 0.170 e. The summed E-state index contributed by atoms with van der Waals surface area (Å²) in [4.78, 5) is 12.1. The first-order chi connectivity index (χ1) is 8.69. The van der Waals surface area contributed by atoms with Crippen molar-refractivity contribution >= 4 is 5.78 Å². The van der Waals surface area contributed by atoms with Crippen LogP contribution in [0.1, 0.15) is 43.5 Å². The van der Waals surface area contributed by atoms with Crippen LogP contribution in [-0.2, 0) is 0 Å². The third kappa shape index (κ3) is 2.35. The predicted octanol–water partition coefficient (Wildman–Crippen LogP) is 3.47. The number of methoxy groups -OCH3 is 1. The molecule has 3 nitrogen and oxygen atoms in total. The van der Waals surface area contributed by atoms with E-state index in [1.807, 2.05) is 6.07 Å². The van der Waals surface area contributed by atoms with E-state index in [1.165, 1.54) is 0 Å². The number of Topliss-reactive ketones (excluding diaryl/α,β-unsaturated/α-hetero) is 1. The highest BCUT2D eigenvalue weighted by Gasteiger charge is 2.30. The number of fused-ring (bicyclic) bond motifs is 1. The fourth-order valence-electron chi connectivity index (χ4n) is 2.53. The lowest BCUT2D eigenvalue weighted by Gasteiger charge is -2.30. The Hall–Kier alpha value is -1.51. The number of hydrogen-bond donors (Lipinski definition) is 0. The minimum atomic E-state index is 0.00658. The van der Waals surface area contributed by atoms with Crippen LogP contribution in [0.2, 0.25) is 0 Å². The van der Waals surface area contributed by atoms with Crippen LogP contribution in [0.5, 0.6) is 11.5 Å². The minimum absolute atomic E-state index is 0.00658. The topological polar surface area (TPSA) is 35.5 Å². The van der Waals surface area contributed by atoms with Gasteiger partial charge in [-0.1, -0.05) is 13.8 Å². The molecule has 1 aromatic carbocycles. The van der Waals surface area contributed by atoms with E-state index < -0.39 is 0 Å². The molecular formula is C15H20O3. The van der Waals surface area contributed by atoms with Crippen LogP contribution in [0.15, 0.2) is 18.2 Å². The van der Waals surface area contributed by atoms with E-state index in [-0.39, 0.29) is 11.9 Å². The molecule has 1 atom stereocenters. The van der Waals surface area contributed by atoms with E-state index in [4.69, 9.17) is 9.47 Å². The number of benzene rings is 1. The Morgan fingerprint density at radius 2 is 2.11 bits per heavy atom. The lowest BCUT2D eigenvalue weighted by atomic mass is 9.89. The maximum absolute atomic E-state index is 12.1. The number of rotatable bonds is 4. The number of ether oxygens (including phenoxy) is 2. The fraction of sp³-hybridized carbons (Fsp3) is 0.533. The van der Waals surface area contributed by atoms with Gasteiger partial charge >= 0.3 is 0 Å². The van der Waals surface area contributed by atoms with Gasteiger partial charge in [0.25, 0.3) is 0 Å². The Balaban J connectivity index is 2.28. The number of carbonyl (C=O) groups excluding carboxylic acids is 1. The molecule has 0 fully saturated rings. The molecule has 0 aliphatic carbocycles. The molecule has 18 heavy (non-hydrogen) atoms. The van der Waals surface area contributed by atoms with E-state index in [9.17, 15) is 4.79 Å². The lowest BCUT2D eigenvalue weighted by molar-refractivity contribution is 0.0715. The first kappa shape index (κ1) is 12.9. The zero-order chi connectivity index (χ0) is 13.1.